The lowest BCUT2D eigenvalue weighted by Gasteiger charge is -2.37. The number of rotatable bonds is 4. The van der Waals surface area contributed by atoms with Crippen LogP contribution in [0.1, 0.15) is 18.4 Å². The number of likely N-dealkylation sites (tertiary alicyclic amines) is 1. The molecule has 3 N–H and O–H groups in total. The SMILES string of the molecule is O=C(NCc1ccc(Cl)cc1)C1=CC2(CCN(C(=S)Nc3ccc(F)cc3)CC2)ON1. The number of benzene rings is 2. The number of hydrogen-bond donors (Lipinski definition) is 3. The summed E-state index contributed by atoms with van der Waals surface area (Å²) >= 11 is 11.4. The van der Waals surface area contributed by atoms with Crippen LogP contribution in [0.15, 0.2) is 60.3 Å². The summed E-state index contributed by atoms with van der Waals surface area (Å²) in [6, 6.07) is 13.4. The Morgan fingerprint density at radius 1 is 1.16 bits per heavy atom. The molecule has 162 valence electrons. The number of carbonyl (C=O) groups is 1. The number of nitrogens with one attached hydrogen (secondary N) is 3. The Labute approximate surface area is 190 Å². The van der Waals surface area contributed by atoms with Crippen LogP contribution < -0.4 is 16.1 Å². The van der Waals surface area contributed by atoms with Gasteiger partial charge in [0.15, 0.2) is 5.11 Å². The Morgan fingerprint density at radius 2 is 1.84 bits per heavy atom. The number of hydroxylamine groups is 1. The van der Waals surface area contributed by atoms with Gasteiger partial charge >= 0.3 is 0 Å². The fourth-order valence-corrected chi connectivity index (χ4v) is 3.97. The Morgan fingerprint density at radius 3 is 2.52 bits per heavy atom. The average Bonchev–Trinajstić information content (AvgIpc) is 3.19. The third-order valence-electron chi connectivity index (χ3n) is 5.38. The van der Waals surface area contributed by atoms with Gasteiger partial charge in [-0.25, -0.2) is 4.39 Å². The first-order valence-corrected chi connectivity index (χ1v) is 10.7. The molecule has 2 aromatic rings. The van der Waals surface area contributed by atoms with Crippen molar-refractivity contribution in [1.29, 1.82) is 0 Å². The van der Waals surface area contributed by atoms with E-state index < -0.39 is 5.60 Å². The van der Waals surface area contributed by atoms with Gasteiger partial charge in [0.05, 0.1) is 0 Å². The second kappa shape index (κ2) is 9.21. The minimum atomic E-state index is -0.533. The molecule has 0 saturated carbocycles. The minimum absolute atomic E-state index is 0.220. The van der Waals surface area contributed by atoms with E-state index in [2.05, 4.69) is 16.1 Å². The molecule has 2 aliphatic heterocycles. The van der Waals surface area contributed by atoms with Crippen LogP contribution in [0.4, 0.5) is 10.1 Å². The van der Waals surface area contributed by atoms with E-state index in [-0.39, 0.29) is 11.7 Å². The average molecular weight is 461 g/mol. The van der Waals surface area contributed by atoms with Crippen molar-refractivity contribution in [2.45, 2.75) is 25.0 Å². The molecule has 1 spiro atoms. The first kappa shape index (κ1) is 21.5. The second-order valence-electron chi connectivity index (χ2n) is 7.56. The topological polar surface area (TPSA) is 65.6 Å². The minimum Gasteiger partial charge on any atom is -0.349 e. The van der Waals surface area contributed by atoms with Crippen LogP contribution in [0.3, 0.4) is 0 Å². The third kappa shape index (κ3) is 5.33. The van der Waals surface area contributed by atoms with E-state index in [9.17, 15) is 9.18 Å². The van der Waals surface area contributed by atoms with Crippen molar-refractivity contribution in [3.8, 4) is 0 Å². The normalized spacial score (nSPS) is 17.1. The molecule has 1 amide bonds. The van der Waals surface area contributed by atoms with Crippen LogP contribution in [-0.2, 0) is 16.2 Å². The molecule has 0 radical (unpaired) electrons. The molecule has 0 bridgehead atoms. The van der Waals surface area contributed by atoms with E-state index in [0.717, 1.165) is 11.3 Å². The van der Waals surface area contributed by atoms with Crippen molar-refractivity contribution >= 4 is 40.5 Å². The molecule has 0 aliphatic carbocycles. The largest absolute Gasteiger partial charge is 0.349 e. The molecule has 31 heavy (non-hydrogen) atoms. The summed E-state index contributed by atoms with van der Waals surface area (Å²) in [5.74, 6) is -0.509. The summed E-state index contributed by atoms with van der Waals surface area (Å²) in [5.41, 5.74) is 4.36. The number of carbonyl (C=O) groups excluding carboxylic acids is 1. The summed E-state index contributed by atoms with van der Waals surface area (Å²) in [6.07, 6.45) is 3.22. The molecule has 0 unspecified atom stereocenters. The quantitative estimate of drug-likeness (QED) is 0.604. The van der Waals surface area contributed by atoms with Crippen molar-refractivity contribution in [3.63, 3.8) is 0 Å². The van der Waals surface area contributed by atoms with Crippen LogP contribution in [0, 0.1) is 5.82 Å². The van der Waals surface area contributed by atoms with Crippen molar-refractivity contribution in [2.75, 3.05) is 18.4 Å². The van der Waals surface area contributed by atoms with Gasteiger partial charge in [0.2, 0.25) is 0 Å². The lowest BCUT2D eigenvalue weighted by atomic mass is 9.91. The Hall–Kier alpha value is -2.68. The van der Waals surface area contributed by atoms with Gasteiger partial charge in [-0.2, -0.15) is 0 Å². The molecule has 6 nitrogen and oxygen atoms in total. The fourth-order valence-electron chi connectivity index (χ4n) is 3.54. The van der Waals surface area contributed by atoms with Gasteiger partial charge in [0, 0.05) is 43.2 Å². The van der Waals surface area contributed by atoms with Crippen molar-refractivity contribution in [2.24, 2.45) is 0 Å². The molecule has 0 atom stereocenters. The Bertz CT molecular complexity index is 990. The van der Waals surface area contributed by atoms with E-state index in [0.29, 0.717) is 48.3 Å². The maximum Gasteiger partial charge on any atom is 0.269 e. The predicted molar refractivity (Wildman–Crippen MR) is 122 cm³/mol. The van der Waals surface area contributed by atoms with Gasteiger partial charge in [-0.3, -0.25) is 15.1 Å². The highest BCUT2D eigenvalue weighted by molar-refractivity contribution is 7.80. The van der Waals surface area contributed by atoms with E-state index in [1.807, 2.05) is 23.1 Å². The maximum absolute atomic E-state index is 13.1. The third-order valence-corrected chi connectivity index (χ3v) is 5.99. The maximum atomic E-state index is 13.1. The van der Waals surface area contributed by atoms with Gasteiger partial charge in [0.1, 0.15) is 17.1 Å². The molecule has 0 aromatic heterocycles. The number of piperidine rings is 1. The number of thiocarbonyl (C=S) groups is 1. The first-order valence-electron chi connectivity index (χ1n) is 9.93. The van der Waals surface area contributed by atoms with Gasteiger partial charge in [0.25, 0.3) is 5.91 Å². The summed E-state index contributed by atoms with van der Waals surface area (Å²) in [4.78, 5) is 20.3. The van der Waals surface area contributed by atoms with Crippen LogP contribution in [-0.4, -0.2) is 34.6 Å². The second-order valence-corrected chi connectivity index (χ2v) is 8.38. The molecule has 2 aromatic carbocycles. The molecular weight excluding hydrogens is 439 g/mol. The summed E-state index contributed by atoms with van der Waals surface area (Å²) in [7, 11) is 0. The number of hydrogen-bond acceptors (Lipinski definition) is 4. The summed E-state index contributed by atoms with van der Waals surface area (Å²) < 4.78 is 13.1. The van der Waals surface area contributed by atoms with Gasteiger partial charge < -0.3 is 15.5 Å². The molecule has 1 fully saturated rings. The Kier molecular flexibility index (Phi) is 6.41. The summed E-state index contributed by atoms with van der Waals surface area (Å²) in [5, 5.41) is 7.24. The lowest BCUT2D eigenvalue weighted by Crippen LogP contribution is -2.48. The van der Waals surface area contributed by atoms with Gasteiger partial charge in [-0.05, 0) is 60.3 Å². The number of halogens is 2. The standard InChI is InChI=1S/C22H22ClFN4O2S/c23-16-3-1-15(2-4-16)14-25-20(29)19-13-22(30-27-19)9-11-28(12-10-22)21(31)26-18-7-5-17(24)6-8-18/h1-8,13,27H,9-12,14H2,(H,25,29)(H,26,31). The van der Waals surface area contributed by atoms with Crippen molar-refractivity contribution < 1.29 is 14.0 Å². The predicted octanol–water partition coefficient (Wildman–Crippen LogP) is 3.75. The lowest BCUT2D eigenvalue weighted by molar-refractivity contribution is -0.120. The van der Waals surface area contributed by atoms with E-state index >= 15 is 0 Å². The molecular formula is C22H22ClFN4O2S. The van der Waals surface area contributed by atoms with Crippen molar-refractivity contribution in [1.82, 2.24) is 15.7 Å². The van der Waals surface area contributed by atoms with E-state index in [1.165, 1.54) is 12.1 Å². The van der Waals surface area contributed by atoms with Crippen LogP contribution >= 0.6 is 23.8 Å². The van der Waals surface area contributed by atoms with Crippen LogP contribution in [0.2, 0.25) is 5.02 Å². The zero-order valence-electron chi connectivity index (χ0n) is 16.7. The zero-order chi connectivity index (χ0) is 21.8. The summed E-state index contributed by atoms with van der Waals surface area (Å²) in [6.45, 7) is 1.74. The van der Waals surface area contributed by atoms with Crippen molar-refractivity contribution in [3.05, 3.63) is 76.7 Å². The molecule has 2 aliphatic rings. The fraction of sp³-hybridized carbons (Fsp3) is 0.273. The van der Waals surface area contributed by atoms with Gasteiger partial charge in [-0.15, -0.1) is 0 Å². The van der Waals surface area contributed by atoms with Crippen LogP contribution in [0.5, 0.6) is 0 Å². The van der Waals surface area contributed by atoms with Crippen LogP contribution in [0.25, 0.3) is 0 Å². The highest BCUT2D eigenvalue weighted by Gasteiger charge is 2.40. The highest BCUT2D eigenvalue weighted by Crippen LogP contribution is 2.32. The highest BCUT2D eigenvalue weighted by atomic mass is 35.5. The first-order chi connectivity index (χ1) is 14.9. The molecule has 4 rings (SSSR count). The number of anilines is 1. The molecule has 2 heterocycles. The number of nitrogens with zero attached hydrogens (tertiary/aromatic N) is 1. The molecule has 1 saturated heterocycles. The van der Waals surface area contributed by atoms with Gasteiger partial charge in [-0.1, -0.05) is 23.7 Å². The Balaban J connectivity index is 1.29. The van der Waals surface area contributed by atoms with E-state index in [4.69, 9.17) is 28.7 Å². The monoisotopic (exact) mass is 460 g/mol. The molecule has 9 heteroatoms. The van der Waals surface area contributed by atoms with E-state index in [1.54, 1.807) is 24.3 Å². The zero-order valence-corrected chi connectivity index (χ0v) is 18.2. The smallest absolute Gasteiger partial charge is 0.269 e. The number of amides is 1.